The predicted octanol–water partition coefficient (Wildman–Crippen LogP) is 0.103. The van der Waals surface area contributed by atoms with Gasteiger partial charge in [-0.25, -0.2) is 13.1 Å². The Morgan fingerprint density at radius 2 is 1.94 bits per heavy atom. The molecule has 0 atom stereocenters. The Balaban J connectivity index is 2.43. The first-order valence-electron chi connectivity index (χ1n) is 5.31. The van der Waals surface area contributed by atoms with Crippen LogP contribution in [-0.4, -0.2) is 44.6 Å². The third kappa shape index (κ3) is 4.32. The lowest BCUT2D eigenvalue weighted by atomic mass is 10.1. The highest BCUT2D eigenvalue weighted by Crippen LogP contribution is 2.11. The van der Waals surface area contributed by atoms with Gasteiger partial charge < -0.3 is 4.90 Å². The molecule has 0 radical (unpaired) electrons. The van der Waals surface area contributed by atoms with E-state index in [-0.39, 0.29) is 11.9 Å². The van der Waals surface area contributed by atoms with E-state index in [0.29, 0.717) is 25.9 Å². The molecule has 0 unspecified atom stereocenters. The van der Waals surface area contributed by atoms with Crippen molar-refractivity contribution in [1.82, 2.24) is 9.62 Å². The minimum atomic E-state index is -3.14. The van der Waals surface area contributed by atoms with Crippen LogP contribution >= 0.6 is 0 Å². The number of likely N-dealkylation sites (tertiary alicyclic amines) is 1. The first kappa shape index (κ1) is 13.2. The lowest BCUT2D eigenvalue weighted by molar-refractivity contribution is -0.127. The molecule has 1 saturated heterocycles. The molecular weight excluding hydrogens is 228 g/mol. The van der Waals surface area contributed by atoms with Crippen LogP contribution in [0.15, 0.2) is 12.2 Å². The van der Waals surface area contributed by atoms with Crippen molar-refractivity contribution in [2.75, 3.05) is 19.3 Å². The standard InChI is InChI=1S/C10H18N2O3S/c1-3-4-10(13)12-7-5-9(6-8-12)11-16(2,14)15/h3-4,9,11H,5-8H2,1-2H3. The van der Waals surface area contributed by atoms with E-state index in [1.54, 1.807) is 17.9 Å². The lowest BCUT2D eigenvalue weighted by Crippen LogP contribution is -2.45. The van der Waals surface area contributed by atoms with Crippen LogP contribution in [0.5, 0.6) is 0 Å². The van der Waals surface area contributed by atoms with Gasteiger partial charge >= 0.3 is 0 Å². The average Bonchev–Trinajstić information content (AvgIpc) is 2.16. The lowest BCUT2D eigenvalue weighted by Gasteiger charge is -2.31. The van der Waals surface area contributed by atoms with E-state index in [1.807, 2.05) is 0 Å². The van der Waals surface area contributed by atoms with E-state index < -0.39 is 10.0 Å². The van der Waals surface area contributed by atoms with Crippen LogP contribution in [-0.2, 0) is 14.8 Å². The molecule has 0 aromatic rings. The van der Waals surface area contributed by atoms with Crippen molar-refractivity contribution < 1.29 is 13.2 Å². The monoisotopic (exact) mass is 246 g/mol. The molecule has 1 rings (SSSR count). The molecule has 1 amide bonds. The van der Waals surface area contributed by atoms with Gasteiger partial charge in [-0.1, -0.05) is 6.08 Å². The van der Waals surface area contributed by atoms with Crippen molar-refractivity contribution in [3.8, 4) is 0 Å². The summed E-state index contributed by atoms with van der Waals surface area (Å²) in [6, 6.07) is -0.0374. The molecule has 1 fully saturated rings. The second-order valence-corrected chi connectivity index (χ2v) is 5.77. The summed E-state index contributed by atoms with van der Waals surface area (Å²) in [5.41, 5.74) is 0. The van der Waals surface area contributed by atoms with Crippen molar-refractivity contribution in [2.45, 2.75) is 25.8 Å². The Kier molecular flexibility index (Phi) is 4.49. The van der Waals surface area contributed by atoms with Crippen molar-refractivity contribution in [3.05, 3.63) is 12.2 Å². The summed E-state index contributed by atoms with van der Waals surface area (Å²) in [6.45, 7) is 3.02. The Morgan fingerprint density at radius 1 is 1.38 bits per heavy atom. The topological polar surface area (TPSA) is 66.5 Å². The minimum Gasteiger partial charge on any atom is -0.339 e. The maximum Gasteiger partial charge on any atom is 0.246 e. The molecule has 0 aromatic heterocycles. The Bertz CT molecular complexity index is 368. The first-order chi connectivity index (χ1) is 7.42. The zero-order valence-corrected chi connectivity index (χ0v) is 10.5. The summed E-state index contributed by atoms with van der Waals surface area (Å²) in [5.74, 6) is 0.000283. The van der Waals surface area contributed by atoms with Crippen molar-refractivity contribution in [1.29, 1.82) is 0 Å². The van der Waals surface area contributed by atoms with Crippen LogP contribution in [0.4, 0.5) is 0 Å². The van der Waals surface area contributed by atoms with Crippen molar-refractivity contribution in [2.24, 2.45) is 0 Å². The predicted molar refractivity (Wildman–Crippen MR) is 62.4 cm³/mol. The zero-order valence-electron chi connectivity index (χ0n) is 9.64. The highest BCUT2D eigenvalue weighted by atomic mass is 32.2. The third-order valence-electron chi connectivity index (χ3n) is 2.50. The maximum absolute atomic E-state index is 11.5. The van der Waals surface area contributed by atoms with Gasteiger partial charge in [0.2, 0.25) is 15.9 Å². The first-order valence-corrected chi connectivity index (χ1v) is 7.20. The average molecular weight is 246 g/mol. The van der Waals surface area contributed by atoms with Gasteiger partial charge in [0.25, 0.3) is 0 Å². The van der Waals surface area contributed by atoms with E-state index in [2.05, 4.69) is 4.72 Å². The molecular formula is C10H18N2O3S. The quantitative estimate of drug-likeness (QED) is 0.718. The highest BCUT2D eigenvalue weighted by molar-refractivity contribution is 7.88. The van der Waals surface area contributed by atoms with Crippen LogP contribution < -0.4 is 4.72 Å². The van der Waals surface area contributed by atoms with Crippen molar-refractivity contribution >= 4 is 15.9 Å². The molecule has 0 aliphatic carbocycles. The number of rotatable bonds is 3. The highest BCUT2D eigenvalue weighted by Gasteiger charge is 2.23. The van der Waals surface area contributed by atoms with Gasteiger partial charge in [0, 0.05) is 19.1 Å². The van der Waals surface area contributed by atoms with Crippen LogP contribution in [0.25, 0.3) is 0 Å². The van der Waals surface area contributed by atoms with Gasteiger partial charge in [-0.05, 0) is 25.8 Å². The van der Waals surface area contributed by atoms with Crippen LogP contribution in [0.2, 0.25) is 0 Å². The van der Waals surface area contributed by atoms with Crippen LogP contribution in [0.1, 0.15) is 19.8 Å². The molecule has 0 spiro atoms. The summed E-state index contributed by atoms with van der Waals surface area (Å²) >= 11 is 0. The smallest absolute Gasteiger partial charge is 0.246 e. The second-order valence-electron chi connectivity index (χ2n) is 3.99. The Hall–Kier alpha value is -0.880. The number of carbonyl (C=O) groups is 1. The van der Waals surface area contributed by atoms with E-state index >= 15 is 0 Å². The SMILES string of the molecule is CC=CC(=O)N1CCC(NS(C)(=O)=O)CC1. The van der Waals surface area contributed by atoms with E-state index in [4.69, 9.17) is 0 Å². The number of nitrogens with one attached hydrogen (secondary N) is 1. The molecule has 0 saturated carbocycles. The summed E-state index contributed by atoms with van der Waals surface area (Å²) in [6.07, 6.45) is 5.75. The Labute approximate surface area is 96.6 Å². The van der Waals surface area contributed by atoms with Gasteiger partial charge in [0.1, 0.15) is 0 Å². The summed E-state index contributed by atoms with van der Waals surface area (Å²) < 4.78 is 24.6. The molecule has 1 N–H and O–H groups in total. The fraction of sp³-hybridized carbons (Fsp3) is 0.700. The maximum atomic E-state index is 11.5. The number of sulfonamides is 1. The van der Waals surface area contributed by atoms with E-state index in [9.17, 15) is 13.2 Å². The molecule has 0 aromatic carbocycles. The fourth-order valence-electron chi connectivity index (χ4n) is 1.77. The molecule has 1 aliphatic heterocycles. The van der Waals surface area contributed by atoms with Gasteiger partial charge in [-0.15, -0.1) is 0 Å². The number of amides is 1. The Morgan fingerprint density at radius 3 is 2.38 bits per heavy atom. The summed E-state index contributed by atoms with van der Waals surface area (Å²) in [7, 11) is -3.14. The zero-order chi connectivity index (χ0) is 12.2. The van der Waals surface area contributed by atoms with E-state index in [1.165, 1.54) is 6.08 Å². The molecule has 16 heavy (non-hydrogen) atoms. The van der Waals surface area contributed by atoms with Gasteiger partial charge in [-0.3, -0.25) is 4.79 Å². The minimum absolute atomic E-state index is 0.000283. The van der Waals surface area contributed by atoms with Gasteiger partial charge in [0.05, 0.1) is 6.26 Å². The number of piperidine rings is 1. The molecule has 6 heteroatoms. The summed E-state index contributed by atoms with van der Waals surface area (Å²) in [4.78, 5) is 13.2. The van der Waals surface area contributed by atoms with Crippen LogP contribution in [0, 0.1) is 0 Å². The normalized spacial score (nSPS) is 19.2. The number of allylic oxidation sites excluding steroid dienone is 1. The molecule has 0 bridgehead atoms. The number of hydrogen-bond donors (Lipinski definition) is 1. The molecule has 1 aliphatic rings. The summed E-state index contributed by atoms with van der Waals surface area (Å²) in [5, 5.41) is 0. The van der Waals surface area contributed by atoms with Gasteiger partial charge in [-0.2, -0.15) is 0 Å². The number of carbonyl (C=O) groups excluding carboxylic acids is 1. The third-order valence-corrected chi connectivity index (χ3v) is 3.26. The van der Waals surface area contributed by atoms with Gasteiger partial charge in [0.15, 0.2) is 0 Å². The van der Waals surface area contributed by atoms with Crippen molar-refractivity contribution in [3.63, 3.8) is 0 Å². The second kappa shape index (κ2) is 5.45. The number of hydrogen-bond acceptors (Lipinski definition) is 3. The molecule has 1 heterocycles. The molecule has 92 valence electrons. The number of nitrogens with zero attached hydrogens (tertiary/aromatic N) is 1. The van der Waals surface area contributed by atoms with Crippen LogP contribution in [0.3, 0.4) is 0 Å². The fourth-order valence-corrected chi connectivity index (χ4v) is 2.61. The largest absolute Gasteiger partial charge is 0.339 e. The van der Waals surface area contributed by atoms with E-state index in [0.717, 1.165) is 6.26 Å². The molecule has 5 nitrogen and oxygen atoms in total.